The highest BCUT2D eigenvalue weighted by Gasteiger charge is 2.14. The number of benzene rings is 1. The average Bonchev–Trinajstić information content (AvgIpc) is 2.39. The van der Waals surface area contributed by atoms with Gasteiger partial charge in [-0.3, -0.25) is 9.59 Å². The first-order chi connectivity index (χ1) is 9.08. The number of nitrogens with zero attached hydrogens (tertiary/aromatic N) is 1. The van der Waals surface area contributed by atoms with Crippen molar-refractivity contribution in [3.63, 3.8) is 0 Å². The monoisotopic (exact) mass is 264 g/mol. The van der Waals surface area contributed by atoms with Crippen LogP contribution in [0.1, 0.15) is 24.5 Å². The number of carboxylic acids is 1. The second-order valence-corrected chi connectivity index (χ2v) is 4.27. The predicted molar refractivity (Wildman–Crippen MR) is 72.5 cm³/mol. The van der Waals surface area contributed by atoms with Crippen LogP contribution in [0.25, 0.3) is 0 Å². The first-order valence-electron chi connectivity index (χ1n) is 6.34. The van der Waals surface area contributed by atoms with Crippen molar-refractivity contribution >= 4 is 11.9 Å². The topological polar surface area (TPSA) is 83.6 Å². The molecule has 0 unspecified atom stereocenters. The van der Waals surface area contributed by atoms with Crippen LogP contribution in [0, 0.1) is 0 Å². The number of amides is 1. The Morgan fingerprint density at radius 2 is 1.89 bits per heavy atom. The van der Waals surface area contributed by atoms with Crippen molar-refractivity contribution in [2.45, 2.75) is 26.3 Å². The molecule has 1 amide bonds. The summed E-state index contributed by atoms with van der Waals surface area (Å²) in [6.45, 7) is 2.99. The second-order valence-electron chi connectivity index (χ2n) is 4.27. The van der Waals surface area contributed by atoms with Crippen molar-refractivity contribution in [2.24, 2.45) is 5.73 Å². The van der Waals surface area contributed by atoms with Crippen LogP contribution in [0.2, 0.25) is 0 Å². The lowest BCUT2D eigenvalue weighted by Gasteiger charge is -2.20. The van der Waals surface area contributed by atoms with Crippen LogP contribution in [0.4, 0.5) is 0 Å². The molecular weight excluding hydrogens is 244 g/mol. The van der Waals surface area contributed by atoms with Gasteiger partial charge >= 0.3 is 5.97 Å². The van der Waals surface area contributed by atoms with E-state index in [9.17, 15) is 9.59 Å². The van der Waals surface area contributed by atoms with Gasteiger partial charge in [0.2, 0.25) is 5.91 Å². The van der Waals surface area contributed by atoms with Crippen molar-refractivity contribution in [1.29, 1.82) is 0 Å². The molecule has 0 saturated carbocycles. The van der Waals surface area contributed by atoms with Crippen LogP contribution in [-0.4, -0.2) is 35.0 Å². The fourth-order valence-electron chi connectivity index (χ4n) is 1.89. The van der Waals surface area contributed by atoms with E-state index in [0.29, 0.717) is 13.1 Å². The summed E-state index contributed by atoms with van der Waals surface area (Å²) < 4.78 is 0. The Balaban J connectivity index is 2.68. The molecule has 0 aliphatic rings. The molecule has 0 heterocycles. The summed E-state index contributed by atoms with van der Waals surface area (Å²) in [5.74, 6) is -0.960. The number of hydrogen-bond acceptors (Lipinski definition) is 3. The van der Waals surface area contributed by atoms with E-state index in [2.05, 4.69) is 0 Å². The third-order valence-electron chi connectivity index (χ3n) is 3.01. The van der Waals surface area contributed by atoms with Crippen LogP contribution in [0.3, 0.4) is 0 Å². The average molecular weight is 264 g/mol. The van der Waals surface area contributed by atoms with E-state index in [1.165, 1.54) is 0 Å². The molecule has 104 valence electrons. The van der Waals surface area contributed by atoms with Gasteiger partial charge in [0.1, 0.15) is 0 Å². The fraction of sp³-hybridized carbons (Fsp3) is 0.429. The largest absolute Gasteiger partial charge is 0.481 e. The minimum Gasteiger partial charge on any atom is -0.481 e. The number of carbonyl (C=O) groups is 2. The van der Waals surface area contributed by atoms with E-state index < -0.39 is 5.97 Å². The molecule has 0 spiro atoms. The zero-order valence-electron chi connectivity index (χ0n) is 11.1. The van der Waals surface area contributed by atoms with Gasteiger partial charge in [0.25, 0.3) is 0 Å². The highest BCUT2D eigenvalue weighted by atomic mass is 16.4. The summed E-state index contributed by atoms with van der Waals surface area (Å²) in [6, 6.07) is 7.54. The molecule has 1 rings (SSSR count). The zero-order valence-corrected chi connectivity index (χ0v) is 11.1. The smallest absolute Gasteiger partial charge is 0.305 e. The molecule has 0 aliphatic carbocycles. The van der Waals surface area contributed by atoms with Gasteiger partial charge in [-0.1, -0.05) is 24.3 Å². The summed E-state index contributed by atoms with van der Waals surface area (Å²) in [6.07, 6.45) is 0.235. The number of aliphatic carboxylic acids is 1. The maximum atomic E-state index is 12.1. The van der Waals surface area contributed by atoms with Crippen molar-refractivity contribution in [2.75, 3.05) is 13.1 Å². The third kappa shape index (κ3) is 4.71. The third-order valence-corrected chi connectivity index (χ3v) is 3.01. The minimum absolute atomic E-state index is 0.0296. The zero-order chi connectivity index (χ0) is 14.3. The molecule has 19 heavy (non-hydrogen) atoms. The molecule has 0 atom stereocenters. The Morgan fingerprint density at radius 3 is 2.42 bits per heavy atom. The molecule has 1 aromatic carbocycles. The van der Waals surface area contributed by atoms with Gasteiger partial charge in [-0.05, 0) is 18.1 Å². The number of hydrogen-bond donors (Lipinski definition) is 2. The van der Waals surface area contributed by atoms with E-state index in [4.69, 9.17) is 10.8 Å². The Morgan fingerprint density at radius 1 is 1.26 bits per heavy atom. The van der Waals surface area contributed by atoms with Gasteiger partial charge in [0.15, 0.2) is 0 Å². The first-order valence-corrected chi connectivity index (χ1v) is 6.34. The highest BCUT2D eigenvalue weighted by Crippen LogP contribution is 2.10. The summed E-state index contributed by atoms with van der Waals surface area (Å²) in [4.78, 5) is 24.2. The fourth-order valence-corrected chi connectivity index (χ4v) is 1.89. The van der Waals surface area contributed by atoms with Crippen LogP contribution in [0.15, 0.2) is 24.3 Å². The van der Waals surface area contributed by atoms with Crippen molar-refractivity contribution in [1.82, 2.24) is 4.90 Å². The molecule has 0 saturated heterocycles. The van der Waals surface area contributed by atoms with E-state index >= 15 is 0 Å². The summed E-state index contributed by atoms with van der Waals surface area (Å²) in [5, 5.41) is 8.66. The lowest BCUT2D eigenvalue weighted by Crippen LogP contribution is -2.34. The molecule has 0 radical (unpaired) electrons. The van der Waals surface area contributed by atoms with E-state index in [1.54, 1.807) is 4.90 Å². The van der Waals surface area contributed by atoms with Crippen LogP contribution >= 0.6 is 0 Å². The quantitative estimate of drug-likeness (QED) is 0.770. The van der Waals surface area contributed by atoms with Crippen LogP contribution in [0.5, 0.6) is 0 Å². The predicted octanol–water partition coefficient (Wildman–Crippen LogP) is 1.01. The maximum absolute atomic E-state index is 12.1. The summed E-state index contributed by atoms with van der Waals surface area (Å²) >= 11 is 0. The number of nitrogens with two attached hydrogens (primary N) is 1. The normalized spacial score (nSPS) is 10.2. The highest BCUT2D eigenvalue weighted by molar-refractivity contribution is 5.79. The van der Waals surface area contributed by atoms with Crippen molar-refractivity contribution in [3.05, 3.63) is 35.4 Å². The van der Waals surface area contributed by atoms with Crippen molar-refractivity contribution < 1.29 is 14.7 Å². The van der Waals surface area contributed by atoms with E-state index in [-0.39, 0.29) is 25.3 Å². The number of likely N-dealkylation sites (N-methyl/N-ethyl adjacent to an activating group) is 1. The number of carbonyl (C=O) groups excluding carboxylic acids is 1. The maximum Gasteiger partial charge on any atom is 0.305 e. The Labute approximate surface area is 113 Å². The van der Waals surface area contributed by atoms with Gasteiger partial charge in [-0.2, -0.15) is 0 Å². The van der Waals surface area contributed by atoms with Gasteiger partial charge in [-0.25, -0.2) is 0 Å². The molecule has 0 aliphatic heterocycles. The van der Waals surface area contributed by atoms with Gasteiger partial charge in [0, 0.05) is 19.6 Å². The SMILES string of the molecule is CCN(CCC(=O)O)C(=O)Cc1ccccc1CN. The molecule has 0 aromatic heterocycles. The molecule has 1 aromatic rings. The molecular formula is C14H20N2O3. The van der Waals surface area contributed by atoms with E-state index in [0.717, 1.165) is 11.1 Å². The van der Waals surface area contributed by atoms with Crippen molar-refractivity contribution in [3.8, 4) is 0 Å². The van der Waals surface area contributed by atoms with Gasteiger partial charge in [0.05, 0.1) is 12.8 Å². The molecule has 0 fully saturated rings. The van der Waals surface area contributed by atoms with Gasteiger partial charge in [-0.15, -0.1) is 0 Å². The molecule has 5 heteroatoms. The first kappa shape index (κ1) is 15.2. The lowest BCUT2D eigenvalue weighted by molar-refractivity contribution is -0.138. The molecule has 0 bridgehead atoms. The van der Waals surface area contributed by atoms with Crippen LogP contribution < -0.4 is 5.73 Å². The van der Waals surface area contributed by atoms with Gasteiger partial charge < -0.3 is 15.7 Å². The van der Waals surface area contributed by atoms with Crippen LogP contribution in [-0.2, 0) is 22.6 Å². The Bertz CT molecular complexity index is 446. The molecule has 3 N–H and O–H groups in total. The standard InChI is InChI=1S/C14H20N2O3/c1-2-16(8-7-14(18)19)13(17)9-11-5-3-4-6-12(11)10-15/h3-6H,2,7-10,15H2,1H3,(H,18,19). The molecule has 5 nitrogen and oxygen atoms in total. The Hall–Kier alpha value is -1.88. The summed E-state index contributed by atoms with van der Waals surface area (Å²) in [5.41, 5.74) is 7.49. The number of rotatable bonds is 7. The lowest BCUT2D eigenvalue weighted by atomic mass is 10.0. The van der Waals surface area contributed by atoms with E-state index in [1.807, 2.05) is 31.2 Å². The summed E-state index contributed by atoms with van der Waals surface area (Å²) in [7, 11) is 0. The minimum atomic E-state index is -0.895. The number of carboxylic acid groups (broad SMARTS) is 1. The second kappa shape index (κ2) is 7.53. The Kier molecular flexibility index (Phi) is 6.02.